The number of esters is 1. The Bertz CT molecular complexity index is 304. The van der Waals surface area contributed by atoms with Crippen LogP contribution in [-0.4, -0.2) is 37.9 Å². The topological polar surface area (TPSA) is 70.6 Å². The first-order chi connectivity index (χ1) is 8.70. The summed E-state index contributed by atoms with van der Waals surface area (Å²) >= 11 is 0. The zero-order chi connectivity index (χ0) is 13.6. The Kier molecular flexibility index (Phi) is 10.8. The Labute approximate surface area is 108 Å². The lowest BCUT2D eigenvalue weighted by Gasteiger charge is -2.02. The van der Waals surface area contributed by atoms with Crippen molar-refractivity contribution in [3.8, 4) is 5.75 Å². The molecule has 102 valence electrons. The van der Waals surface area contributed by atoms with Crippen molar-refractivity contribution in [2.24, 2.45) is 0 Å². The molecule has 0 radical (unpaired) electrons. The second kappa shape index (κ2) is 11.9. The van der Waals surface area contributed by atoms with Crippen molar-refractivity contribution in [1.82, 2.24) is 10.6 Å². The summed E-state index contributed by atoms with van der Waals surface area (Å²) in [6.45, 7) is 4.38. The first-order valence-electron chi connectivity index (χ1n) is 5.93. The van der Waals surface area contributed by atoms with Crippen molar-refractivity contribution in [2.45, 2.75) is 13.3 Å². The SMILES string of the molecule is CCNCNCCC(=O)OC.Oc1ccccc1. The van der Waals surface area contributed by atoms with Crippen LogP contribution in [0.2, 0.25) is 0 Å². The number of carbonyl (C=O) groups excluding carboxylic acids is 1. The first kappa shape index (κ1) is 16.4. The third-order valence-electron chi connectivity index (χ3n) is 1.99. The van der Waals surface area contributed by atoms with Crippen LogP contribution in [0.1, 0.15) is 13.3 Å². The molecule has 0 unspecified atom stereocenters. The van der Waals surface area contributed by atoms with Crippen molar-refractivity contribution in [3.05, 3.63) is 30.3 Å². The highest BCUT2D eigenvalue weighted by molar-refractivity contribution is 5.69. The molecular formula is C13H22N2O3. The highest BCUT2D eigenvalue weighted by Gasteiger charge is 1.96. The maximum Gasteiger partial charge on any atom is 0.306 e. The van der Waals surface area contributed by atoms with Crippen LogP contribution in [0.15, 0.2) is 30.3 Å². The number of para-hydroxylation sites is 1. The van der Waals surface area contributed by atoms with Crippen molar-refractivity contribution in [1.29, 1.82) is 0 Å². The van der Waals surface area contributed by atoms with E-state index in [1.54, 1.807) is 24.3 Å². The predicted molar refractivity (Wildman–Crippen MR) is 71.3 cm³/mol. The summed E-state index contributed by atoms with van der Waals surface area (Å²) in [5.74, 6) is 0.150. The standard InChI is InChI=1S/C7H16N2O2.C6H6O/c1-3-8-6-9-5-4-7(10)11-2;7-6-4-2-1-3-5-6/h8-9H,3-6H2,1-2H3;1-5,7H. The average Bonchev–Trinajstić information content (AvgIpc) is 2.40. The lowest BCUT2D eigenvalue weighted by molar-refractivity contribution is -0.140. The molecule has 1 aromatic rings. The number of phenolic OH excluding ortho intramolecular Hbond substituents is 1. The van der Waals surface area contributed by atoms with Crippen LogP contribution in [0.3, 0.4) is 0 Å². The number of rotatable bonds is 6. The monoisotopic (exact) mass is 254 g/mol. The molecule has 0 aliphatic carbocycles. The van der Waals surface area contributed by atoms with Gasteiger partial charge < -0.3 is 20.5 Å². The third-order valence-corrected chi connectivity index (χ3v) is 1.99. The van der Waals surface area contributed by atoms with E-state index in [1.807, 2.05) is 13.0 Å². The van der Waals surface area contributed by atoms with Gasteiger partial charge in [0, 0.05) is 13.2 Å². The molecule has 1 aromatic carbocycles. The van der Waals surface area contributed by atoms with Crippen molar-refractivity contribution < 1.29 is 14.6 Å². The molecule has 0 aliphatic heterocycles. The van der Waals surface area contributed by atoms with Gasteiger partial charge in [-0.25, -0.2) is 0 Å². The van der Waals surface area contributed by atoms with Crippen molar-refractivity contribution in [3.63, 3.8) is 0 Å². The van der Waals surface area contributed by atoms with Crippen LogP contribution < -0.4 is 10.6 Å². The minimum absolute atomic E-state index is 0.172. The van der Waals surface area contributed by atoms with E-state index in [-0.39, 0.29) is 5.97 Å². The van der Waals surface area contributed by atoms with Gasteiger partial charge in [0.25, 0.3) is 0 Å². The summed E-state index contributed by atoms with van der Waals surface area (Å²) in [4.78, 5) is 10.6. The molecule has 0 saturated carbocycles. The fourth-order valence-electron chi connectivity index (χ4n) is 1.02. The van der Waals surface area contributed by atoms with Gasteiger partial charge in [0.1, 0.15) is 5.75 Å². The first-order valence-corrected chi connectivity index (χ1v) is 5.93. The number of nitrogens with one attached hydrogen (secondary N) is 2. The number of aromatic hydroxyl groups is 1. The zero-order valence-electron chi connectivity index (χ0n) is 11.0. The van der Waals surface area contributed by atoms with Crippen molar-refractivity contribution in [2.75, 3.05) is 26.9 Å². The van der Waals surface area contributed by atoms with Crippen LogP contribution in [0.25, 0.3) is 0 Å². The van der Waals surface area contributed by atoms with Crippen LogP contribution >= 0.6 is 0 Å². The Balaban J connectivity index is 0.000000351. The van der Waals surface area contributed by atoms with Crippen LogP contribution in [-0.2, 0) is 9.53 Å². The second-order valence-electron chi connectivity index (χ2n) is 3.44. The van der Waals surface area contributed by atoms with Gasteiger partial charge in [-0.1, -0.05) is 25.1 Å². The molecule has 5 heteroatoms. The van der Waals surface area contributed by atoms with E-state index in [9.17, 15) is 4.79 Å². The number of carbonyl (C=O) groups is 1. The molecule has 5 nitrogen and oxygen atoms in total. The number of methoxy groups -OCH3 is 1. The summed E-state index contributed by atoms with van der Waals surface area (Å²) in [6, 6.07) is 8.71. The zero-order valence-corrected chi connectivity index (χ0v) is 11.0. The molecule has 0 amide bonds. The molecule has 18 heavy (non-hydrogen) atoms. The summed E-state index contributed by atoms with van der Waals surface area (Å²) in [7, 11) is 1.40. The van der Waals surface area contributed by atoms with E-state index in [2.05, 4.69) is 15.4 Å². The number of hydrogen-bond donors (Lipinski definition) is 3. The highest BCUT2D eigenvalue weighted by atomic mass is 16.5. The lowest BCUT2D eigenvalue weighted by Crippen LogP contribution is -2.30. The van der Waals surface area contributed by atoms with Gasteiger partial charge in [0.15, 0.2) is 0 Å². The Morgan fingerprint density at radius 2 is 1.94 bits per heavy atom. The second-order valence-corrected chi connectivity index (χ2v) is 3.44. The maximum absolute atomic E-state index is 10.6. The van der Waals surface area contributed by atoms with E-state index in [0.29, 0.717) is 18.7 Å². The normalized spacial score (nSPS) is 9.22. The largest absolute Gasteiger partial charge is 0.508 e. The molecule has 3 N–H and O–H groups in total. The lowest BCUT2D eigenvalue weighted by atomic mass is 10.3. The number of benzene rings is 1. The van der Waals surface area contributed by atoms with E-state index < -0.39 is 0 Å². The molecule has 0 saturated heterocycles. The molecule has 0 atom stereocenters. The molecule has 0 bridgehead atoms. The van der Waals surface area contributed by atoms with Gasteiger partial charge in [-0.2, -0.15) is 0 Å². The van der Waals surface area contributed by atoms with Crippen LogP contribution in [0.5, 0.6) is 5.75 Å². The van der Waals surface area contributed by atoms with Gasteiger partial charge >= 0.3 is 5.97 Å². The Morgan fingerprint density at radius 1 is 1.28 bits per heavy atom. The minimum Gasteiger partial charge on any atom is -0.508 e. The number of phenols is 1. The Morgan fingerprint density at radius 3 is 2.39 bits per heavy atom. The Hall–Kier alpha value is -1.59. The van der Waals surface area contributed by atoms with Gasteiger partial charge in [-0.05, 0) is 18.7 Å². The summed E-state index contributed by atoms with van der Waals surface area (Å²) in [5.41, 5.74) is 0. The van der Waals surface area contributed by atoms with Gasteiger partial charge in [0.05, 0.1) is 13.5 Å². The van der Waals surface area contributed by atoms with E-state index in [1.165, 1.54) is 7.11 Å². The smallest absolute Gasteiger partial charge is 0.306 e. The molecule has 0 fully saturated rings. The fourth-order valence-corrected chi connectivity index (χ4v) is 1.02. The quantitative estimate of drug-likeness (QED) is 0.403. The maximum atomic E-state index is 10.6. The fraction of sp³-hybridized carbons (Fsp3) is 0.462. The number of hydrogen-bond acceptors (Lipinski definition) is 5. The highest BCUT2D eigenvalue weighted by Crippen LogP contribution is 2.02. The predicted octanol–water partition coefficient (Wildman–Crippen LogP) is 1.10. The third kappa shape index (κ3) is 10.9. The molecule has 1 rings (SSSR count). The number of ether oxygens (including phenoxy) is 1. The van der Waals surface area contributed by atoms with Crippen LogP contribution in [0.4, 0.5) is 0 Å². The van der Waals surface area contributed by atoms with E-state index >= 15 is 0 Å². The summed E-state index contributed by atoms with van der Waals surface area (Å²) in [6.07, 6.45) is 0.432. The summed E-state index contributed by atoms with van der Waals surface area (Å²) < 4.78 is 4.46. The molecular weight excluding hydrogens is 232 g/mol. The minimum atomic E-state index is -0.172. The van der Waals surface area contributed by atoms with Crippen LogP contribution in [0, 0.1) is 0 Å². The van der Waals surface area contributed by atoms with Gasteiger partial charge in [-0.15, -0.1) is 0 Å². The molecule has 0 heterocycles. The molecule has 0 spiro atoms. The summed E-state index contributed by atoms with van der Waals surface area (Å²) in [5, 5.41) is 14.7. The van der Waals surface area contributed by atoms with Gasteiger partial charge in [0.2, 0.25) is 0 Å². The van der Waals surface area contributed by atoms with Crippen molar-refractivity contribution >= 4 is 5.97 Å². The average molecular weight is 254 g/mol. The van der Waals surface area contributed by atoms with Gasteiger partial charge in [-0.3, -0.25) is 4.79 Å². The molecule has 0 aliphatic rings. The van der Waals surface area contributed by atoms with E-state index in [0.717, 1.165) is 13.2 Å². The molecule has 0 aromatic heterocycles. The van der Waals surface area contributed by atoms with E-state index in [4.69, 9.17) is 5.11 Å².